The third kappa shape index (κ3) is 4.96. The van der Waals surface area contributed by atoms with Crippen LogP contribution in [0.2, 0.25) is 0 Å². The summed E-state index contributed by atoms with van der Waals surface area (Å²) in [5.41, 5.74) is 9.41. The van der Waals surface area contributed by atoms with Crippen molar-refractivity contribution in [1.82, 2.24) is 4.57 Å². The molecule has 2 nitrogen and oxygen atoms in total. The van der Waals surface area contributed by atoms with Gasteiger partial charge in [-0.15, -0.1) is 11.3 Å². The summed E-state index contributed by atoms with van der Waals surface area (Å²) in [5.74, 6) is 0. The number of hydrogen-bond donors (Lipinski definition) is 0. The molecule has 0 N–H and O–H groups in total. The highest BCUT2D eigenvalue weighted by molar-refractivity contribution is 7.26. The fourth-order valence-corrected chi connectivity index (χ4v) is 10.3. The van der Waals surface area contributed by atoms with Gasteiger partial charge in [0.25, 0.3) is 0 Å². The second-order valence-electron chi connectivity index (χ2n) is 14.9. The topological polar surface area (TPSA) is 8.17 Å². The van der Waals surface area contributed by atoms with Crippen LogP contribution < -0.4 is 4.90 Å². The predicted octanol–water partition coefficient (Wildman–Crippen LogP) is 15.7. The van der Waals surface area contributed by atoms with E-state index in [9.17, 15) is 0 Å². The summed E-state index contributed by atoms with van der Waals surface area (Å²) in [6, 6.07) is 75.6. The van der Waals surface area contributed by atoms with E-state index in [1.54, 1.807) is 0 Å². The molecule has 2 aromatic heterocycles. The molecule has 0 bridgehead atoms. The number of hydrogen-bond acceptors (Lipinski definition) is 2. The Labute approximate surface area is 333 Å². The predicted molar refractivity (Wildman–Crippen MR) is 246 cm³/mol. The highest BCUT2D eigenvalue weighted by atomic mass is 32.1. The lowest BCUT2D eigenvalue weighted by Gasteiger charge is -2.26. The average Bonchev–Trinajstić information content (AvgIpc) is 3.83. The fourth-order valence-electron chi connectivity index (χ4n) is 9.21. The Morgan fingerprint density at radius 3 is 1.65 bits per heavy atom. The minimum Gasteiger partial charge on any atom is -0.310 e. The molecule has 266 valence electrons. The molecule has 0 radical (unpaired) electrons. The van der Waals surface area contributed by atoms with Crippen LogP contribution in [-0.4, -0.2) is 4.57 Å². The summed E-state index contributed by atoms with van der Waals surface area (Å²) < 4.78 is 5.04. The fraction of sp³-hybridized carbons (Fsp3) is 0. The normalized spacial score (nSPS) is 11.9. The number of para-hydroxylation sites is 2. The molecular formula is C54H34N2S. The molecule has 0 aliphatic carbocycles. The first-order chi connectivity index (χ1) is 28.3. The van der Waals surface area contributed by atoms with E-state index in [0.29, 0.717) is 0 Å². The smallest absolute Gasteiger partial charge is 0.0554 e. The highest BCUT2D eigenvalue weighted by Gasteiger charge is 2.19. The van der Waals surface area contributed by atoms with E-state index in [1.165, 1.54) is 96.8 Å². The molecule has 2 heterocycles. The van der Waals surface area contributed by atoms with Gasteiger partial charge >= 0.3 is 0 Å². The van der Waals surface area contributed by atoms with Crippen LogP contribution in [0.3, 0.4) is 0 Å². The molecule has 0 saturated carbocycles. The Balaban J connectivity index is 0.989. The summed E-state index contributed by atoms with van der Waals surface area (Å²) in [6.45, 7) is 0. The number of fused-ring (bicyclic) bond motifs is 12. The van der Waals surface area contributed by atoms with Crippen molar-refractivity contribution >= 4 is 103 Å². The van der Waals surface area contributed by atoms with Crippen LogP contribution in [0.1, 0.15) is 0 Å². The summed E-state index contributed by atoms with van der Waals surface area (Å²) in [6.07, 6.45) is 0. The van der Waals surface area contributed by atoms with Crippen LogP contribution in [0.5, 0.6) is 0 Å². The van der Waals surface area contributed by atoms with Gasteiger partial charge in [-0.25, -0.2) is 0 Å². The molecule has 12 aromatic rings. The van der Waals surface area contributed by atoms with Crippen molar-refractivity contribution in [1.29, 1.82) is 0 Å². The summed E-state index contributed by atoms with van der Waals surface area (Å²) in [4.78, 5) is 2.40. The third-order valence-corrected chi connectivity index (χ3v) is 12.9. The first kappa shape index (κ1) is 32.1. The van der Waals surface area contributed by atoms with Gasteiger partial charge in [0.15, 0.2) is 0 Å². The maximum atomic E-state index is 2.44. The van der Waals surface area contributed by atoms with E-state index < -0.39 is 0 Å². The molecule has 0 amide bonds. The zero-order chi connectivity index (χ0) is 37.5. The van der Waals surface area contributed by atoms with Gasteiger partial charge in [0.05, 0.1) is 16.7 Å². The standard InChI is InChI=1S/C54H34N2S/c1-2-13-37(14-3-1)55(51-22-12-24-53-54(51)46-20-9-11-23-52(46)57-53)38-28-25-35(26-29-38)36-27-32-50-48(33-36)45-19-8-10-21-49(45)56(50)39-30-31-44-42-17-5-4-15-40(42)41-16-6-7-18-43(41)47(44)34-39/h1-34H. The van der Waals surface area contributed by atoms with Crippen molar-refractivity contribution in [2.45, 2.75) is 0 Å². The van der Waals surface area contributed by atoms with E-state index in [-0.39, 0.29) is 0 Å². The number of thiophene rings is 1. The molecule has 0 saturated heterocycles. The Hall–Kier alpha value is -7.20. The highest BCUT2D eigenvalue weighted by Crippen LogP contribution is 2.45. The van der Waals surface area contributed by atoms with Gasteiger partial charge in [-0.05, 0) is 116 Å². The van der Waals surface area contributed by atoms with Crippen molar-refractivity contribution in [2.75, 3.05) is 4.90 Å². The van der Waals surface area contributed by atoms with Crippen LogP contribution >= 0.6 is 11.3 Å². The van der Waals surface area contributed by atoms with Crippen molar-refractivity contribution < 1.29 is 0 Å². The number of benzene rings is 10. The number of anilines is 3. The quantitative estimate of drug-likeness (QED) is 0.159. The van der Waals surface area contributed by atoms with Gasteiger partial charge in [-0.1, -0.05) is 133 Å². The Kier molecular flexibility index (Phi) is 7.13. The van der Waals surface area contributed by atoms with Crippen molar-refractivity contribution in [3.63, 3.8) is 0 Å². The number of nitrogens with zero attached hydrogens (tertiary/aromatic N) is 2. The average molecular weight is 743 g/mol. The molecule has 3 heteroatoms. The second kappa shape index (κ2) is 12.7. The van der Waals surface area contributed by atoms with Gasteiger partial charge in [0.2, 0.25) is 0 Å². The minimum absolute atomic E-state index is 1.13. The molecule has 0 unspecified atom stereocenters. The lowest BCUT2D eigenvalue weighted by molar-refractivity contribution is 1.19. The van der Waals surface area contributed by atoms with E-state index in [0.717, 1.165) is 11.4 Å². The van der Waals surface area contributed by atoms with Crippen LogP contribution in [0.4, 0.5) is 17.1 Å². The molecule has 0 aliphatic rings. The molecule has 0 atom stereocenters. The van der Waals surface area contributed by atoms with E-state index >= 15 is 0 Å². The lowest BCUT2D eigenvalue weighted by atomic mass is 9.94. The summed E-state index contributed by atoms with van der Waals surface area (Å²) in [7, 11) is 0. The molecule has 57 heavy (non-hydrogen) atoms. The van der Waals surface area contributed by atoms with Crippen molar-refractivity contribution in [2.24, 2.45) is 0 Å². The van der Waals surface area contributed by atoms with Crippen molar-refractivity contribution in [3.8, 4) is 16.8 Å². The minimum atomic E-state index is 1.13. The lowest BCUT2D eigenvalue weighted by Crippen LogP contribution is -2.10. The Morgan fingerprint density at radius 1 is 0.333 bits per heavy atom. The third-order valence-electron chi connectivity index (χ3n) is 11.8. The zero-order valence-electron chi connectivity index (χ0n) is 30.9. The van der Waals surface area contributed by atoms with E-state index in [2.05, 4.69) is 216 Å². The molecule has 12 rings (SSSR count). The van der Waals surface area contributed by atoms with Gasteiger partial charge < -0.3 is 9.47 Å². The zero-order valence-corrected chi connectivity index (χ0v) is 31.7. The molecule has 10 aromatic carbocycles. The molecular weight excluding hydrogens is 709 g/mol. The molecule has 0 aliphatic heterocycles. The van der Waals surface area contributed by atoms with Crippen LogP contribution in [-0.2, 0) is 0 Å². The van der Waals surface area contributed by atoms with Gasteiger partial charge in [-0.2, -0.15) is 0 Å². The Morgan fingerprint density at radius 2 is 0.895 bits per heavy atom. The first-order valence-electron chi connectivity index (χ1n) is 19.5. The number of rotatable bonds is 5. The maximum Gasteiger partial charge on any atom is 0.0554 e. The monoisotopic (exact) mass is 742 g/mol. The SMILES string of the molecule is c1ccc(N(c2ccc(-c3ccc4c(c3)c3ccccc3n4-c3ccc4c5ccccc5c5ccccc5c4c3)cc2)c2cccc3sc4ccccc4c23)cc1. The Bertz CT molecular complexity index is 3490. The first-order valence-corrected chi connectivity index (χ1v) is 20.3. The van der Waals surface area contributed by atoms with Gasteiger partial charge in [-0.3, -0.25) is 0 Å². The summed E-state index contributed by atoms with van der Waals surface area (Å²) >= 11 is 1.86. The van der Waals surface area contributed by atoms with Gasteiger partial charge in [0.1, 0.15) is 0 Å². The maximum absolute atomic E-state index is 2.44. The van der Waals surface area contributed by atoms with E-state index in [1.807, 2.05) is 11.3 Å². The molecule has 0 spiro atoms. The molecule has 0 fully saturated rings. The van der Waals surface area contributed by atoms with Crippen LogP contribution in [0.25, 0.3) is 91.1 Å². The van der Waals surface area contributed by atoms with Gasteiger partial charge in [0, 0.05) is 48.0 Å². The number of aromatic nitrogens is 1. The van der Waals surface area contributed by atoms with E-state index in [4.69, 9.17) is 0 Å². The largest absolute Gasteiger partial charge is 0.310 e. The van der Waals surface area contributed by atoms with Crippen LogP contribution in [0.15, 0.2) is 206 Å². The van der Waals surface area contributed by atoms with Crippen LogP contribution in [0, 0.1) is 0 Å². The second-order valence-corrected chi connectivity index (χ2v) is 16.0. The van der Waals surface area contributed by atoms with Crippen molar-refractivity contribution in [3.05, 3.63) is 206 Å². The summed E-state index contributed by atoms with van der Waals surface area (Å²) in [5, 5.41) is 12.8.